The summed E-state index contributed by atoms with van der Waals surface area (Å²) in [5, 5.41) is 0. The fraction of sp³-hybridized carbons (Fsp3) is 0.350. The lowest BCUT2D eigenvalue weighted by Gasteiger charge is -2.30. The van der Waals surface area contributed by atoms with Crippen LogP contribution in [0.5, 0.6) is 11.5 Å². The number of amides is 1. The van der Waals surface area contributed by atoms with Gasteiger partial charge in [-0.05, 0) is 47.9 Å². The summed E-state index contributed by atoms with van der Waals surface area (Å²) in [5.74, 6) is 1.03. The summed E-state index contributed by atoms with van der Waals surface area (Å²) in [4.78, 5) is 19.5. The predicted octanol–water partition coefficient (Wildman–Crippen LogP) is 2.08. The van der Waals surface area contributed by atoms with Gasteiger partial charge in [-0.2, -0.15) is 0 Å². The Morgan fingerprint density at radius 1 is 1.03 bits per heavy atom. The summed E-state index contributed by atoms with van der Waals surface area (Å²) in [6, 6.07) is 9.78. The normalized spacial score (nSPS) is 13.9. The molecule has 9 heteroatoms. The van der Waals surface area contributed by atoms with Crippen molar-refractivity contribution >= 4 is 15.9 Å². The van der Waals surface area contributed by atoms with E-state index in [1.807, 2.05) is 12.1 Å². The first-order valence-corrected chi connectivity index (χ1v) is 10.4. The number of benzene rings is 2. The number of methoxy groups -OCH3 is 2. The van der Waals surface area contributed by atoms with Gasteiger partial charge in [0.1, 0.15) is 0 Å². The molecular weight excluding hydrogens is 396 g/mol. The predicted molar refractivity (Wildman–Crippen MR) is 106 cm³/mol. The number of fused-ring (bicyclic) bond motifs is 1. The Morgan fingerprint density at radius 3 is 2.31 bits per heavy atom. The number of carbonyl (C=O) groups is 1. The number of rotatable bonds is 6. The molecule has 0 aliphatic carbocycles. The lowest BCUT2D eigenvalue weighted by Crippen LogP contribution is -2.36. The molecule has 0 aromatic heterocycles. The molecule has 2 aromatic carbocycles. The summed E-state index contributed by atoms with van der Waals surface area (Å²) in [6.07, 6.45) is 0.672. The third-order valence-electron chi connectivity index (χ3n) is 4.98. The number of nitrogens with zero attached hydrogens (tertiary/aromatic N) is 2. The van der Waals surface area contributed by atoms with E-state index in [2.05, 4.69) is 0 Å². The highest BCUT2D eigenvalue weighted by atomic mass is 32.2. The van der Waals surface area contributed by atoms with Crippen LogP contribution in [0.2, 0.25) is 0 Å². The molecular formula is C20H24N2O6S. The van der Waals surface area contributed by atoms with Crippen LogP contribution < -0.4 is 9.47 Å². The van der Waals surface area contributed by atoms with E-state index in [1.54, 1.807) is 31.3 Å². The van der Waals surface area contributed by atoms with Gasteiger partial charge in [0, 0.05) is 25.7 Å². The maximum Gasteiger partial charge on any atom is 0.264 e. The Hall–Kier alpha value is -2.62. The van der Waals surface area contributed by atoms with Crippen LogP contribution in [0.15, 0.2) is 41.3 Å². The maximum absolute atomic E-state index is 13.0. The van der Waals surface area contributed by atoms with Crippen molar-refractivity contribution in [3.8, 4) is 11.5 Å². The third-order valence-corrected chi connectivity index (χ3v) is 6.66. The highest BCUT2D eigenvalue weighted by Gasteiger charge is 2.26. The zero-order valence-electron chi connectivity index (χ0n) is 16.8. The zero-order valence-corrected chi connectivity index (χ0v) is 17.7. The van der Waals surface area contributed by atoms with Gasteiger partial charge in [0.05, 0.1) is 26.2 Å². The number of ether oxygens (including phenoxy) is 2. The molecule has 0 bridgehead atoms. The largest absolute Gasteiger partial charge is 0.493 e. The van der Waals surface area contributed by atoms with Crippen LogP contribution in [0, 0.1) is 0 Å². The van der Waals surface area contributed by atoms with Gasteiger partial charge in [0.25, 0.3) is 15.9 Å². The van der Waals surface area contributed by atoms with Gasteiger partial charge in [0.2, 0.25) is 0 Å². The Kier molecular flexibility index (Phi) is 6.11. The number of hydroxylamine groups is 1. The fourth-order valence-electron chi connectivity index (χ4n) is 3.28. The minimum absolute atomic E-state index is 0.00323. The maximum atomic E-state index is 13.0. The van der Waals surface area contributed by atoms with Crippen LogP contribution >= 0.6 is 0 Å². The highest BCUT2D eigenvalue weighted by molar-refractivity contribution is 7.89. The molecule has 0 unspecified atom stereocenters. The lowest BCUT2D eigenvalue weighted by atomic mass is 9.98. The van der Waals surface area contributed by atoms with E-state index in [1.165, 1.54) is 26.3 Å². The first-order chi connectivity index (χ1) is 13.8. The van der Waals surface area contributed by atoms with Crippen molar-refractivity contribution in [1.82, 2.24) is 9.37 Å². The quantitative estimate of drug-likeness (QED) is 0.666. The van der Waals surface area contributed by atoms with Crippen molar-refractivity contribution in [2.24, 2.45) is 0 Å². The molecule has 0 radical (unpaired) electrons. The minimum Gasteiger partial charge on any atom is -0.493 e. The molecule has 29 heavy (non-hydrogen) atoms. The minimum atomic E-state index is -3.83. The van der Waals surface area contributed by atoms with Crippen LogP contribution in [0.25, 0.3) is 0 Å². The van der Waals surface area contributed by atoms with Gasteiger partial charge in [-0.1, -0.05) is 10.5 Å². The molecule has 3 rings (SSSR count). The molecule has 8 nitrogen and oxygen atoms in total. The molecule has 0 atom stereocenters. The number of hydrogen-bond donors (Lipinski definition) is 0. The summed E-state index contributed by atoms with van der Waals surface area (Å²) >= 11 is 0. The molecule has 0 saturated carbocycles. The first kappa shape index (κ1) is 21.1. The fourth-order valence-corrected chi connectivity index (χ4v) is 4.29. The van der Waals surface area contributed by atoms with Crippen LogP contribution in [-0.2, 0) is 27.8 Å². The summed E-state index contributed by atoms with van der Waals surface area (Å²) in [6.45, 7) is 0.930. The van der Waals surface area contributed by atoms with Crippen LogP contribution in [0.1, 0.15) is 21.5 Å². The van der Waals surface area contributed by atoms with Gasteiger partial charge < -0.3 is 14.4 Å². The Bertz CT molecular complexity index is 1020. The lowest BCUT2D eigenvalue weighted by molar-refractivity contribution is -0.0258. The van der Waals surface area contributed by atoms with Crippen molar-refractivity contribution in [1.29, 1.82) is 0 Å². The Labute approximate surface area is 170 Å². The standard InChI is InChI=1S/C20H24N2O6S/c1-21(28-4)29(24,25)17-7-5-6-15(10-17)20(23)22-9-8-14-11-18(26-2)19(27-3)12-16(14)13-22/h5-7,10-12H,8-9,13H2,1-4H3. The second kappa shape index (κ2) is 8.40. The molecule has 0 spiro atoms. The Balaban J connectivity index is 1.87. The van der Waals surface area contributed by atoms with Gasteiger partial charge >= 0.3 is 0 Å². The topological polar surface area (TPSA) is 85.4 Å². The van der Waals surface area contributed by atoms with Crippen molar-refractivity contribution in [3.05, 3.63) is 53.1 Å². The number of carbonyl (C=O) groups excluding carboxylic acids is 1. The van der Waals surface area contributed by atoms with Gasteiger partial charge in [-0.15, -0.1) is 0 Å². The second-order valence-electron chi connectivity index (χ2n) is 6.58. The molecule has 0 fully saturated rings. The Morgan fingerprint density at radius 2 is 1.69 bits per heavy atom. The summed E-state index contributed by atoms with van der Waals surface area (Å²) in [5.41, 5.74) is 2.38. The van der Waals surface area contributed by atoms with E-state index in [9.17, 15) is 13.2 Å². The molecule has 156 valence electrons. The monoisotopic (exact) mass is 420 g/mol. The van der Waals surface area contributed by atoms with Crippen molar-refractivity contribution in [2.75, 3.05) is 34.9 Å². The third kappa shape index (κ3) is 4.07. The van der Waals surface area contributed by atoms with Crippen molar-refractivity contribution in [2.45, 2.75) is 17.9 Å². The molecule has 1 heterocycles. The molecule has 0 N–H and O–H groups in total. The smallest absolute Gasteiger partial charge is 0.264 e. The van der Waals surface area contributed by atoms with Gasteiger partial charge in [-0.25, -0.2) is 8.42 Å². The van der Waals surface area contributed by atoms with E-state index < -0.39 is 10.0 Å². The molecule has 1 aliphatic heterocycles. The first-order valence-electron chi connectivity index (χ1n) is 8.98. The van der Waals surface area contributed by atoms with Crippen LogP contribution in [0.3, 0.4) is 0 Å². The van der Waals surface area contributed by atoms with Gasteiger partial charge in [-0.3, -0.25) is 9.63 Å². The van der Waals surface area contributed by atoms with Crippen molar-refractivity contribution < 1.29 is 27.5 Å². The van der Waals surface area contributed by atoms with Crippen LogP contribution in [-0.4, -0.2) is 58.6 Å². The number of hydrogen-bond acceptors (Lipinski definition) is 6. The molecule has 2 aromatic rings. The summed E-state index contributed by atoms with van der Waals surface area (Å²) < 4.78 is 36.4. The van der Waals surface area contributed by atoms with E-state index in [0.717, 1.165) is 15.6 Å². The second-order valence-corrected chi connectivity index (χ2v) is 8.51. The zero-order chi connectivity index (χ0) is 21.2. The number of sulfonamides is 1. The SMILES string of the molecule is COc1cc2c(cc1OC)CN(C(=O)c1cccc(S(=O)(=O)N(C)OC)c1)CC2. The van der Waals surface area contributed by atoms with E-state index in [4.69, 9.17) is 14.3 Å². The summed E-state index contributed by atoms with van der Waals surface area (Å²) in [7, 11) is 1.89. The average molecular weight is 420 g/mol. The molecule has 1 aliphatic rings. The van der Waals surface area contributed by atoms with E-state index >= 15 is 0 Å². The van der Waals surface area contributed by atoms with E-state index in [-0.39, 0.29) is 10.8 Å². The highest BCUT2D eigenvalue weighted by Crippen LogP contribution is 2.33. The average Bonchev–Trinajstić information content (AvgIpc) is 2.76. The van der Waals surface area contributed by atoms with E-state index in [0.29, 0.717) is 36.6 Å². The molecule has 0 saturated heterocycles. The van der Waals surface area contributed by atoms with Gasteiger partial charge in [0.15, 0.2) is 11.5 Å². The van der Waals surface area contributed by atoms with Crippen molar-refractivity contribution in [3.63, 3.8) is 0 Å². The van der Waals surface area contributed by atoms with Crippen LogP contribution in [0.4, 0.5) is 0 Å². The molecule has 1 amide bonds.